The van der Waals surface area contributed by atoms with E-state index in [1.165, 1.54) is 0 Å². The number of carboxylic acid groups (broad SMARTS) is 1. The highest BCUT2D eigenvalue weighted by Crippen LogP contribution is 2.12. The minimum atomic E-state index is -0.857. The van der Waals surface area contributed by atoms with E-state index in [1.807, 2.05) is 43.5 Å². The molecule has 1 unspecified atom stereocenters. The molecule has 1 aromatic carbocycles. The van der Waals surface area contributed by atoms with Gasteiger partial charge in [-0.2, -0.15) is 0 Å². The molecule has 1 atom stereocenters. The standard InChI is InChI=1S/C19H25N3O3S/c1-14-13-20-17(26-14)10-11-22(2)19(25)21-16(8-9-18(23)24)12-15-6-4-3-5-7-15/h3-7,13,16H,8-12H2,1-2H3,(H,21,25)(H,23,24). The second-order valence-corrected chi connectivity index (χ2v) is 7.62. The Labute approximate surface area is 157 Å². The third-order valence-electron chi connectivity index (χ3n) is 4.04. The number of nitrogens with one attached hydrogen (secondary N) is 1. The van der Waals surface area contributed by atoms with Crippen molar-refractivity contribution in [1.82, 2.24) is 15.2 Å². The Hall–Kier alpha value is -2.41. The monoisotopic (exact) mass is 375 g/mol. The van der Waals surface area contributed by atoms with Gasteiger partial charge in [-0.25, -0.2) is 9.78 Å². The Morgan fingerprint density at radius 2 is 2.04 bits per heavy atom. The lowest BCUT2D eigenvalue weighted by molar-refractivity contribution is -0.137. The molecule has 2 amide bonds. The number of thiazole rings is 1. The Bertz CT molecular complexity index is 718. The van der Waals surface area contributed by atoms with Crippen molar-refractivity contribution in [3.63, 3.8) is 0 Å². The zero-order valence-electron chi connectivity index (χ0n) is 15.1. The molecule has 0 aliphatic heterocycles. The van der Waals surface area contributed by atoms with Gasteiger partial charge in [-0.3, -0.25) is 4.79 Å². The quantitative estimate of drug-likeness (QED) is 0.705. The zero-order chi connectivity index (χ0) is 18.9. The van der Waals surface area contributed by atoms with Crippen LogP contribution in [-0.2, 0) is 17.6 Å². The number of benzene rings is 1. The topological polar surface area (TPSA) is 82.5 Å². The van der Waals surface area contributed by atoms with Gasteiger partial charge in [0.15, 0.2) is 0 Å². The van der Waals surface area contributed by atoms with Crippen LogP contribution in [0.4, 0.5) is 4.79 Å². The summed E-state index contributed by atoms with van der Waals surface area (Å²) in [5.74, 6) is -0.857. The Morgan fingerprint density at radius 3 is 2.65 bits per heavy atom. The van der Waals surface area contributed by atoms with E-state index in [9.17, 15) is 9.59 Å². The molecule has 2 rings (SSSR count). The van der Waals surface area contributed by atoms with Gasteiger partial charge in [-0.05, 0) is 25.3 Å². The Balaban J connectivity index is 1.89. The smallest absolute Gasteiger partial charge is 0.317 e. The number of nitrogens with zero attached hydrogens (tertiary/aromatic N) is 2. The van der Waals surface area contributed by atoms with Crippen molar-refractivity contribution < 1.29 is 14.7 Å². The maximum atomic E-state index is 12.5. The molecule has 0 saturated heterocycles. The summed E-state index contributed by atoms with van der Waals surface area (Å²) in [6.07, 6.45) is 3.58. The van der Waals surface area contributed by atoms with Crippen LogP contribution in [0.3, 0.4) is 0 Å². The second kappa shape index (κ2) is 9.91. The highest BCUT2D eigenvalue weighted by Gasteiger charge is 2.17. The number of rotatable bonds is 9. The molecule has 0 fully saturated rings. The van der Waals surface area contributed by atoms with Crippen molar-refractivity contribution in [3.05, 3.63) is 52.0 Å². The minimum absolute atomic E-state index is 0.0277. The van der Waals surface area contributed by atoms with Gasteiger partial charge in [0.25, 0.3) is 0 Å². The lowest BCUT2D eigenvalue weighted by Gasteiger charge is -2.23. The SMILES string of the molecule is Cc1cnc(CCN(C)C(=O)NC(CCC(=O)O)Cc2ccccc2)s1. The molecule has 6 nitrogen and oxygen atoms in total. The van der Waals surface area contributed by atoms with Crippen LogP contribution in [0.15, 0.2) is 36.5 Å². The van der Waals surface area contributed by atoms with Crippen LogP contribution in [0, 0.1) is 6.92 Å². The van der Waals surface area contributed by atoms with E-state index < -0.39 is 5.97 Å². The number of amides is 2. The van der Waals surface area contributed by atoms with Crippen molar-refractivity contribution >= 4 is 23.3 Å². The van der Waals surface area contributed by atoms with Gasteiger partial charge >= 0.3 is 12.0 Å². The van der Waals surface area contributed by atoms with Crippen LogP contribution >= 0.6 is 11.3 Å². The lowest BCUT2D eigenvalue weighted by atomic mass is 10.0. The van der Waals surface area contributed by atoms with Crippen LogP contribution in [0.1, 0.15) is 28.3 Å². The number of hydrogen-bond donors (Lipinski definition) is 2. The van der Waals surface area contributed by atoms with Gasteiger partial charge in [-0.15, -0.1) is 11.3 Å². The molecule has 140 valence electrons. The van der Waals surface area contributed by atoms with Gasteiger partial charge in [-0.1, -0.05) is 30.3 Å². The Kier molecular flexibility index (Phi) is 7.59. The summed E-state index contributed by atoms with van der Waals surface area (Å²) >= 11 is 1.63. The fraction of sp³-hybridized carbons (Fsp3) is 0.421. The number of likely N-dealkylation sites (N-methyl/N-ethyl adjacent to an activating group) is 1. The molecule has 1 aromatic heterocycles. The molecule has 26 heavy (non-hydrogen) atoms. The molecule has 0 spiro atoms. The van der Waals surface area contributed by atoms with Crippen molar-refractivity contribution in [2.24, 2.45) is 0 Å². The predicted molar refractivity (Wildman–Crippen MR) is 103 cm³/mol. The van der Waals surface area contributed by atoms with Crippen molar-refractivity contribution in [2.75, 3.05) is 13.6 Å². The first-order valence-electron chi connectivity index (χ1n) is 8.62. The van der Waals surface area contributed by atoms with Crippen LogP contribution in [0.25, 0.3) is 0 Å². The van der Waals surface area contributed by atoms with Crippen molar-refractivity contribution in [1.29, 1.82) is 0 Å². The van der Waals surface area contributed by atoms with Gasteiger partial charge in [0.05, 0.1) is 5.01 Å². The number of carboxylic acids is 1. The second-order valence-electron chi connectivity index (χ2n) is 6.30. The number of urea groups is 1. The number of aliphatic carboxylic acids is 1. The molecule has 0 saturated carbocycles. The highest BCUT2D eigenvalue weighted by atomic mass is 32.1. The molecule has 0 radical (unpaired) electrons. The van der Waals surface area contributed by atoms with Crippen LogP contribution in [0.5, 0.6) is 0 Å². The molecule has 2 N–H and O–H groups in total. The number of carbonyl (C=O) groups excluding carboxylic acids is 1. The van der Waals surface area contributed by atoms with Gasteiger partial charge in [0, 0.05) is 43.5 Å². The normalized spacial score (nSPS) is 11.8. The molecular weight excluding hydrogens is 350 g/mol. The first kappa shape index (κ1) is 19.9. The number of hydrogen-bond acceptors (Lipinski definition) is 4. The Morgan fingerprint density at radius 1 is 1.31 bits per heavy atom. The number of aryl methyl sites for hydroxylation is 1. The van der Waals surface area contributed by atoms with E-state index in [1.54, 1.807) is 23.3 Å². The van der Waals surface area contributed by atoms with Crippen molar-refractivity contribution in [2.45, 2.75) is 38.6 Å². The van der Waals surface area contributed by atoms with Crippen LogP contribution in [0.2, 0.25) is 0 Å². The third kappa shape index (κ3) is 6.84. The summed E-state index contributed by atoms with van der Waals surface area (Å²) < 4.78 is 0. The van der Waals surface area contributed by atoms with E-state index in [0.717, 1.165) is 15.4 Å². The zero-order valence-corrected chi connectivity index (χ0v) is 16.0. The number of aromatic nitrogens is 1. The van der Waals surface area contributed by atoms with Gasteiger partial charge in [0.2, 0.25) is 0 Å². The fourth-order valence-electron chi connectivity index (χ4n) is 2.59. The summed E-state index contributed by atoms with van der Waals surface area (Å²) in [7, 11) is 1.74. The van der Waals surface area contributed by atoms with Gasteiger partial charge in [0.1, 0.15) is 0 Å². The highest BCUT2D eigenvalue weighted by molar-refractivity contribution is 7.11. The number of carbonyl (C=O) groups is 2. The first-order valence-corrected chi connectivity index (χ1v) is 9.44. The van der Waals surface area contributed by atoms with E-state index in [2.05, 4.69) is 10.3 Å². The van der Waals surface area contributed by atoms with Crippen LogP contribution in [-0.4, -0.2) is 46.6 Å². The summed E-state index contributed by atoms with van der Waals surface area (Å²) in [5, 5.41) is 12.9. The van der Waals surface area contributed by atoms with Crippen LogP contribution < -0.4 is 5.32 Å². The minimum Gasteiger partial charge on any atom is -0.481 e. The molecule has 0 aliphatic carbocycles. The van der Waals surface area contributed by atoms with E-state index in [4.69, 9.17) is 5.11 Å². The fourth-order valence-corrected chi connectivity index (χ4v) is 3.36. The maximum absolute atomic E-state index is 12.5. The van der Waals surface area contributed by atoms with Crippen molar-refractivity contribution in [3.8, 4) is 0 Å². The summed E-state index contributed by atoms with van der Waals surface area (Å²) in [6, 6.07) is 9.36. The largest absolute Gasteiger partial charge is 0.481 e. The van der Waals surface area contributed by atoms with E-state index in [-0.39, 0.29) is 18.5 Å². The summed E-state index contributed by atoms with van der Waals surface area (Å²) in [5.41, 5.74) is 1.07. The molecule has 2 aromatic rings. The van der Waals surface area contributed by atoms with E-state index >= 15 is 0 Å². The first-order chi connectivity index (χ1) is 12.4. The molecule has 0 bridgehead atoms. The summed E-state index contributed by atoms with van der Waals surface area (Å²) in [6.45, 7) is 2.57. The summed E-state index contributed by atoms with van der Waals surface area (Å²) in [4.78, 5) is 30.5. The molecule has 0 aliphatic rings. The molecular formula is C19H25N3O3S. The lowest BCUT2D eigenvalue weighted by Crippen LogP contribution is -2.44. The van der Waals surface area contributed by atoms with Gasteiger partial charge < -0.3 is 15.3 Å². The predicted octanol–water partition coefficient (Wildman–Crippen LogP) is 3.11. The van der Waals surface area contributed by atoms with E-state index in [0.29, 0.717) is 25.8 Å². The molecule has 1 heterocycles. The average molecular weight is 375 g/mol. The maximum Gasteiger partial charge on any atom is 0.317 e. The average Bonchev–Trinajstić information content (AvgIpc) is 3.03. The molecule has 7 heteroatoms. The third-order valence-corrected chi connectivity index (χ3v) is 5.01.